The molecular weight excluding hydrogens is 288 g/mol. The van der Waals surface area contributed by atoms with Gasteiger partial charge in [0.25, 0.3) is 10.0 Å². The Hall–Kier alpha value is -2.56. The second kappa shape index (κ2) is 6.26. The zero-order valence-electron chi connectivity index (χ0n) is 11.1. The third-order valence-corrected chi connectivity index (χ3v) is 4.22. The number of hydrogen-bond donors (Lipinski definition) is 3. The van der Waals surface area contributed by atoms with E-state index in [4.69, 9.17) is 11.1 Å². The van der Waals surface area contributed by atoms with Crippen molar-refractivity contribution in [1.82, 2.24) is 0 Å². The molecule has 0 amide bonds. The number of benzene rings is 2. The van der Waals surface area contributed by atoms with Crippen LogP contribution >= 0.6 is 0 Å². The van der Waals surface area contributed by atoms with Crippen molar-refractivity contribution in [2.24, 2.45) is 5.84 Å². The van der Waals surface area contributed by atoms with E-state index in [-0.39, 0.29) is 4.90 Å². The first-order chi connectivity index (χ1) is 10.0. The Labute approximate surface area is 123 Å². The minimum Gasteiger partial charge on any atom is -0.324 e. The molecule has 0 saturated heterocycles. The van der Waals surface area contributed by atoms with Crippen LogP contribution in [0, 0.1) is 11.3 Å². The number of hydrazine groups is 1. The zero-order chi connectivity index (χ0) is 15.3. The fourth-order valence-electron chi connectivity index (χ4n) is 1.73. The molecule has 2 aromatic rings. The standard InChI is InChI=1S/C14H14N4O2S/c15-10-9-11-1-3-13(4-2-11)18-21(19,20)14-7-5-12(17-16)6-8-14/h1-8,17-18H,9,16H2. The molecule has 108 valence electrons. The Balaban J connectivity index is 2.18. The maximum absolute atomic E-state index is 12.2. The summed E-state index contributed by atoms with van der Waals surface area (Å²) in [5, 5.41) is 8.59. The Morgan fingerprint density at radius 1 is 1.00 bits per heavy atom. The highest BCUT2D eigenvalue weighted by Gasteiger charge is 2.13. The van der Waals surface area contributed by atoms with Gasteiger partial charge in [0.2, 0.25) is 0 Å². The van der Waals surface area contributed by atoms with Crippen LogP contribution in [0.25, 0.3) is 0 Å². The largest absolute Gasteiger partial charge is 0.324 e. The number of nitrogens with two attached hydrogens (primary N) is 1. The summed E-state index contributed by atoms with van der Waals surface area (Å²) in [6.45, 7) is 0. The van der Waals surface area contributed by atoms with E-state index >= 15 is 0 Å². The third kappa shape index (κ3) is 3.72. The van der Waals surface area contributed by atoms with Gasteiger partial charge in [0.15, 0.2) is 0 Å². The van der Waals surface area contributed by atoms with Crippen LogP contribution in [0.5, 0.6) is 0 Å². The number of nitrogens with zero attached hydrogens (tertiary/aromatic N) is 1. The highest BCUT2D eigenvalue weighted by Crippen LogP contribution is 2.18. The maximum atomic E-state index is 12.2. The number of rotatable bonds is 5. The van der Waals surface area contributed by atoms with Crippen LogP contribution in [0.4, 0.5) is 11.4 Å². The number of anilines is 2. The maximum Gasteiger partial charge on any atom is 0.261 e. The van der Waals surface area contributed by atoms with Crippen LogP contribution in [0.3, 0.4) is 0 Å². The topological polar surface area (TPSA) is 108 Å². The molecule has 0 heterocycles. The summed E-state index contributed by atoms with van der Waals surface area (Å²) in [5.41, 5.74) is 4.33. The predicted octanol–water partition coefficient (Wildman–Crippen LogP) is 1.84. The van der Waals surface area contributed by atoms with Gasteiger partial charge in [-0.2, -0.15) is 5.26 Å². The van der Waals surface area contributed by atoms with Crippen molar-refractivity contribution in [3.63, 3.8) is 0 Å². The highest BCUT2D eigenvalue weighted by atomic mass is 32.2. The number of nitrogens with one attached hydrogen (secondary N) is 2. The summed E-state index contributed by atoms with van der Waals surface area (Å²) in [7, 11) is -3.65. The molecule has 0 bridgehead atoms. The summed E-state index contributed by atoms with van der Waals surface area (Å²) in [4.78, 5) is 0.141. The van der Waals surface area contributed by atoms with Crippen LogP contribution in [-0.2, 0) is 16.4 Å². The molecule has 0 unspecified atom stereocenters. The molecule has 7 heteroatoms. The first kappa shape index (κ1) is 14.8. The van der Waals surface area contributed by atoms with E-state index in [1.807, 2.05) is 6.07 Å². The molecule has 0 fully saturated rings. The van der Waals surface area contributed by atoms with Crippen molar-refractivity contribution in [3.8, 4) is 6.07 Å². The second-order valence-electron chi connectivity index (χ2n) is 4.31. The van der Waals surface area contributed by atoms with Crippen molar-refractivity contribution < 1.29 is 8.42 Å². The molecule has 0 aromatic heterocycles. The molecule has 6 nitrogen and oxygen atoms in total. The lowest BCUT2D eigenvalue weighted by molar-refractivity contribution is 0.601. The number of nitriles is 1. The quantitative estimate of drug-likeness (QED) is 0.577. The minimum absolute atomic E-state index is 0.141. The molecule has 2 rings (SSSR count). The van der Waals surface area contributed by atoms with Gasteiger partial charge < -0.3 is 5.43 Å². The Morgan fingerprint density at radius 3 is 2.10 bits per heavy atom. The highest BCUT2D eigenvalue weighted by molar-refractivity contribution is 7.92. The van der Waals surface area contributed by atoms with Gasteiger partial charge in [0.05, 0.1) is 17.4 Å². The van der Waals surface area contributed by atoms with Gasteiger partial charge in [0, 0.05) is 11.4 Å². The normalized spacial score (nSPS) is 10.7. The molecule has 0 spiro atoms. The predicted molar refractivity (Wildman–Crippen MR) is 80.8 cm³/mol. The van der Waals surface area contributed by atoms with E-state index in [1.165, 1.54) is 12.1 Å². The van der Waals surface area contributed by atoms with Crippen molar-refractivity contribution >= 4 is 21.4 Å². The lowest BCUT2D eigenvalue weighted by atomic mass is 10.1. The SMILES string of the molecule is N#CCc1ccc(NS(=O)(=O)c2ccc(NN)cc2)cc1. The molecule has 4 N–H and O–H groups in total. The van der Waals surface area contributed by atoms with Crippen LogP contribution in [0.15, 0.2) is 53.4 Å². The summed E-state index contributed by atoms with van der Waals surface area (Å²) in [5.74, 6) is 5.23. The first-order valence-corrected chi connectivity index (χ1v) is 7.59. The average Bonchev–Trinajstić information content (AvgIpc) is 2.49. The Kier molecular flexibility index (Phi) is 4.42. The summed E-state index contributed by atoms with van der Waals surface area (Å²) in [6.07, 6.45) is 0.292. The van der Waals surface area contributed by atoms with Crippen LogP contribution in [-0.4, -0.2) is 8.42 Å². The van der Waals surface area contributed by atoms with Gasteiger partial charge in [-0.25, -0.2) is 8.42 Å². The molecule has 0 aliphatic rings. The second-order valence-corrected chi connectivity index (χ2v) is 5.99. The first-order valence-electron chi connectivity index (χ1n) is 6.10. The van der Waals surface area contributed by atoms with E-state index in [0.29, 0.717) is 17.8 Å². The molecule has 0 aliphatic carbocycles. The molecule has 2 aromatic carbocycles. The lowest BCUT2D eigenvalue weighted by Crippen LogP contribution is -2.13. The van der Waals surface area contributed by atoms with Gasteiger partial charge in [-0.1, -0.05) is 12.1 Å². The van der Waals surface area contributed by atoms with E-state index in [9.17, 15) is 8.42 Å². The van der Waals surface area contributed by atoms with Crippen molar-refractivity contribution in [1.29, 1.82) is 5.26 Å². The van der Waals surface area contributed by atoms with E-state index in [2.05, 4.69) is 10.1 Å². The van der Waals surface area contributed by atoms with Crippen LogP contribution in [0.1, 0.15) is 5.56 Å². The number of sulfonamides is 1. The van der Waals surface area contributed by atoms with Crippen molar-refractivity contribution in [2.75, 3.05) is 10.1 Å². The van der Waals surface area contributed by atoms with Crippen molar-refractivity contribution in [3.05, 3.63) is 54.1 Å². The molecule has 0 atom stereocenters. The summed E-state index contributed by atoms with van der Waals surface area (Å²) < 4.78 is 26.9. The summed E-state index contributed by atoms with van der Waals surface area (Å²) >= 11 is 0. The molecule has 0 saturated carbocycles. The Bertz CT molecular complexity index is 747. The molecule has 0 aliphatic heterocycles. The van der Waals surface area contributed by atoms with E-state index in [0.717, 1.165) is 5.56 Å². The van der Waals surface area contributed by atoms with Crippen LogP contribution in [0.2, 0.25) is 0 Å². The van der Waals surface area contributed by atoms with Crippen molar-refractivity contribution in [2.45, 2.75) is 11.3 Å². The monoisotopic (exact) mass is 302 g/mol. The number of nitrogen functional groups attached to an aromatic ring is 1. The van der Waals surface area contributed by atoms with Gasteiger partial charge in [-0.15, -0.1) is 0 Å². The Morgan fingerprint density at radius 2 is 1.57 bits per heavy atom. The molecular formula is C14H14N4O2S. The van der Waals surface area contributed by atoms with E-state index < -0.39 is 10.0 Å². The smallest absolute Gasteiger partial charge is 0.261 e. The lowest BCUT2D eigenvalue weighted by Gasteiger charge is -2.09. The zero-order valence-corrected chi connectivity index (χ0v) is 11.9. The molecule has 0 radical (unpaired) electrons. The third-order valence-electron chi connectivity index (χ3n) is 2.82. The minimum atomic E-state index is -3.65. The molecule has 21 heavy (non-hydrogen) atoms. The van der Waals surface area contributed by atoms with Gasteiger partial charge >= 0.3 is 0 Å². The fourth-order valence-corrected chi connectivity index (χ4v) is 2.78. The summed E-state index contributed by atoms with van der Waals surface area (Å²) in [6, 6.07) is 14.8. The fraction of sp³-hybridized carbons (Fsp3) is 0.0714. The van der Waals surface area contributed by atoms with E-state index in [1.54, 1.807) is 36.4 Å². The van der Waals surface area contributed by atoms with Gasteiger partial charge in [0.1, 0.15) is 0 Å². The average molecular weight is 302 g/mol. The number of hydrogen-bond acceptors (Lipinski definition) is 5. The van der Waals surface area contributed by atoms with Gasteiger partial charge in [-0.3, -0.25) is 10.6 Å². The van der Waals surface area contributed by atoms with Crippen LogP contribution < -0.4 is 16.0 Å². The van der Waals surface area contributed by atoms with Gasteiger partial charge in [-0.05, 0) is 42.0 Å².